The van der Waals surface area contributed by atoms with Crippen molar-refractivity contribution in [3.05, 3.63) is 33.6 Å². The van der Waals surface area contributed by atoms with Crippen LogP contribution in [-0.4, -0.2) is 19.3 Å². The first-order chi connectivity index (χ1) is 10.2. The second-order valence-electron chi connectivity index (χ2n) is 5.86. The lowest BCUT2D eigenvalue weighted by atomic mass is 9.74. The highest BCUT2D eigenvalue weighted by Crippen LogP contribution is 2.44. The predicted molar refractivity (Wildman–Crippen MR) is 94.2 cm³/mol. The van der Waals surface area contributed by atoms with Crippen molar-refractivity contribution in [2.75, 3.05) is 13.7 Å². The Morgan fingerprint density at radius 2 is 2.24 bits per heavy atom. The Morgan fingerprint density at radius 3 is 2.86 bits per heavy atom. The SMILES string of the molecule is CCNC(CC1(OC)CCC1)c1csc2c(Br)cccc12. The van der Waals surface area contributed by atoms with E-state index in [0.29, 0.717) is 6.04 Å². The number of hydrogen-bond acceptors (Lipinski definition) is 3. The molecule has 1 aliphatic carbocycles. The van der Waals surface area contributed by atoms with Crippen molar-refractivity contribution in [1.29, 1.82) is 0 Å². The van der Waals surface area contributed by atoms with Crippen LogP contribution in [0.4, 0.5) is 0 Å². The zero-order chi connectivity index (χ0) is 14.9. The van der Waals surface area contributed by atoms with Crippen LogP contribution in [0.2, 0.25) is 0 Å². The molecule has 1 unspecified atom stereocenters. The van der Waals surface area contributed by atoms with Gasteiger partial charge in [-0.3, -0.25) is 0 Å². The van der Waals surface area contributed by atoms with Crippen LogP contribution in [-0.2, 0) is 4.74 Å². The number of thiophene rings is 1. The smallest absolute Gasteiger partial charge is 0.0697 e. The first-order valence-corrected chi connectivity index (χ1v) is 9.30. The molecule has 1 N–H and O–H groups in total. The van der Waals surface area contributed by atoms with Gasteiger partial charge in [0.05, 0.1) is 5.60 Å². The molecular weight excluding hydrogens is 346 g/mol. The maximum absolute atomic E-state index is 5.84. The van der Waals surface area contributed by atoms with Crippen LogP contribution in [0.5, 0.6) is 0 Å². The van der Waals surface area contributed by atoms with Crippen molar-refractivity contribution >= 4 is 37.4 Å². The minimum Gasteiger partial charge on any atom is -0.378 e. The van der Waals surface area contributed by atoms with Gasteiger partial charge in [-0.25, -0.2) is 0 Å². The largest absolute Gasteiger partial charge is 0.378 e. The maximum atomic E-state index is 5.84. The van der Waals surface area contributed by atoms with Crippen molar-refractivity contribution in [3.63, 3.8) is 0 Å². The molecule has 0 spiro atoms. The summed E-state index contributed by atoms with van der Waals surface area (Å²) in [5, 5.41) is 7.34. The van der Waals surface area contributed by atoms with Gasteiger partial charge in [0.25, 0.3) is 0 Å². The summed E-state index contributed by atoms with van der Waals surface area (Å²) in [6, 6.07) is 6.85. The molecule has 1 saturated carbocycles. The van der Waals surface area contributed by atoms with E-state index in [1.807, 2.05) is 18.4 Å². The fourth-order valence-electron chi connectivity index (χ4n) is 3.28. The van der Waals surface area contributed by atoms with Gasteiger partial charge >= 0.3 is 0 Å². The second kappa shape index (κ2) is 6.37. The lowest BCUT2D eigenvalue weighted by Crippen LogP contribution is -2.42. The monoisotopic (exact) mass is 367 g/mol. The quantitative estimate of drug-likeness (QED) is 0.750. The van der Waals surface area contributed by atoms with Gasteiger partial charge in [-0.15, -0.1) is 11.3 Å². The van der Waals surface area contributed by atoms with Gasteiger partial charge in [0.15, 0.2) is 0 Å². The molecule has 1 heterocycles. The molecule has 21 heavy (non-hydrogen) atoms. The number of halogens is 1. The minimum atomic E-state index is 0.0904. The lowest BCUT2D eigenvalue weighted by Gasteiger charge is -2.43. The third kappa shape index (κ3) is 2.91. The van der Waals surface area contributed by atoms with Crippen LogP contribution in [0.1, 0.15) is 44.2 Å². The predicted octanol–water partition coefficient (Wildman–Crippen LogP) is 5.27. The second-order valence-corrected chi connectivity index (χ2v) is 7.60. The van der Waals surface area contributed by atoms with Gasteiger partial charge in [0.2, 0.25) is 0 Å². The van der Waals surface area contributed by atoms with Gasteiger partial charge in [0.1, 0.15) is 0 Å². The van der Waals surface area contributed by atoms with Crippen LogP contribution < -0.4 is 5.32 Å². The standard InChI is InChI=1S/C17H22BrNOS/c1-3-19-15(10-17(20-2)8-5-9-17)13-11-21-16-12(13)6-4-7-14(16)18/h4,6-7,11,15,19H,3,5,8-10H2,1-2H3. The Hall–Kier alpha value is -0.420. The molecule has 1 fully saturated rings. The molecule has 0 saturated heterocycles. The van der Waals surface area contributed by atoms with E-state index in [9.17, 15) is 0 Å². The fourth-order valence-corrected chi connectivity index (χ4v) is 4.96. The number of rotatable bonds is 6. The highest BCUT2D eigenvalue weighted by atomic mass is 79.9. The maximum Gasteiger partial charge on any atom is 0.0697 e. The number of benzene rings is 1. The number of fused-ring (bicyclic) bond motifs is 1. The van der Waals surface area contributed by atoms with E-state index in [0.717, 1.165) is 13.0 Å². The van der Waals surface area contributed by atoms with Gasteiger partial charge < -0.3 is 10.1 Å². The molecule has 0 bridgehead atoms. The van der Waals surface area contributed by atoms with E-state index in [4.69, 9.17) is 4.74 Å². The average molecular weight is 368 g/mol. The van der Waals surface area contributed by atoms with Crippen LogP contribution >= 0.6 is 27.3 Å². The first-order valence-electron chi connectivity index (χ1n) is 7.63. The van der Waals surface area contributed by atoms with Crippen molar-refractivity contribution in [1.82, 2.24) is 5.32 Å². The van der Waals surface area contributed by atoms with Gasteiger partial charge in [-0.2, -0.15) is 0 Å². The molecule has 0 amide bonds. The third-order valence-corrected chi connectivity index (χ3v) is 6.65. The number of hydrogen-bond donors (Lipinski definition) is 1. The number of methoxy groups -OCH3 is 1. The summed E-state index contributed by atoms with van der Waals surface area (Å²) < 4.78 is 8.37. The van der Waals surface area contributed by atoms with E-state index in [1.165, 1.54) is 39.4 Å². The summed E-state index contributed by atoms with van der Waals surface area (Å²) in [5.41, 5.74) is 1.51. The highest BCUT2D eigenvalue weighted by Gasteiger charge is 2.39. The van der Waals surface area contributed by atoms with Crippen LogP contribution in [0.25, 0.3) is 10.1 Å². The van der Waals surface area contributed by atoms with Crippen LogP contribution in [0, 0.1) is 0 Å². The Labute approximate surface area is 139 Å². The zero-order valence-corrected chi connectivity index (χ0v) is 15.0. The van der Waals surface area contributed by atoms with Gasteiger partial charge in [-0.1, -0.05) is 19.1 Å². The molecule has 0 radical (unpaired) electrons. The number of nitrogens with one attached hydrogen (secondary N) is 1. The normalized spacial score (nSPS) is 18.6. The zero-order valence-electron chi connectivity index (χ0n) is 12.6. The molecule has 3 rings (SSSR count). The molecule has 2 nitrogen and oxygen atoms in total. The summed E-state index contributed by atoms with van der Waals surface area (Å²) in [6.07, 6.45) is 4.74. The molecule has 2 aromatic rings. The van der Waals surface area contributed by atoms with E-state index in [2.05, 4.69) is 51.7 Å². The Bertz CT molecular complexity index is 615. The minimum absolute atomic E-state index is 0.0904. The van der Waals surface area contributed by atoms with Crippen molar-refractivity contribution < 1.29 is 4.74 Å². The van der Waals surface area contributed by atoms with Gasteiger partial charge in [-0.05, 0) is 70.6 Å². The van der Waals surface area contributed by atoms with Crippen LogP contribution in [0.15, 0.2) is 28.1 Å². The van der Waals surface area contributed by atoms with Crippen molar-refractivity contribution in [3.8, 4) is 0 Å². The summed E-state index contributed by atoms with van der Waals surface area (Å²) in [7, 11) is 1.87. The van der Waals surface area contributed by atoms with Crippen molar-refractivity contribution in [2.24, 2.45) is 0 Å². The van der Waals surface area contributed by atoms with Crippen molar-refractivity contribution in [2.45, 2.75) is 44.2 Å². The molecule has 114 valence electrons. The fraction of sp³-hybridized carbons (Fsp3) is 0.529. The summed E-state index contributed by atoms with van der Waals surface area (Å²) >= 11 is 5.49. The molecule has 1 atom stereocenters. The van der Waals surface area contributed by atoms with Crippen LogP contribution in [0.3, 0.4) is 0 Å². The molecule has 1 aliphatic rings. The Balaban J connectivity index is 1.94. The molecule has 4 heteroatoms. The lowest BCUT2D eigenvalue weighted by molar-refractivity contribution is -0.0836. The molecule has 1 aromatic carbocycles. The van der Waals surface area contributed by atoms with Gasteiger partial charge in [0, 0.05) is 22.3 Å². The summed E-state index contributed by atoms with van der Waals surface area (Å²) in [4.78, 5) is 0. The number of ether oxygens (including phenoxy) is 1. The van der Waals surface area contributed by atoms with E-state index >= 15 is 0 Å². The highest BCUT2D eigenvalue weighted by molar-refractivity contribution is 9.10. The molecule has 1 aromatic heterocycles. The topological polar surface area (TPSA) is 21.3 Å². The first kappa shape index (κ1) is 15.5. The molecular formula is C17H22BrNOS. The summed E-state index contributed by atoms with van der Waals surface area (Å²) in [6.45, 7) is 3.16. The Morgan fingerprint density at radius 1 is 1.43 bits per heavy atom. The van der Waals surface area contributed by atoms with E-state index in [-0.39, 0.29) is 5.60 Å². The van der Waals surface area contributed by atoms with E-state index < -0.39 is 0 Å². The Kier molecular flexibility index (Phi) is 4.69. The average Bonchev–Trinajstić information content (AvgIpc) is 2.87. The third-order valence-electron chi connectivity index (χ3n) is 4.68. The summed E-state index contributed by atoms with van der Waals surface area (Å²) in [5.74, 6) is 0. The molecule has 0 aliphatic heterocycles. The van der Waals surface area contributed by atoms with E-state index in [1.54, 1.807) is 0 Å².